The van der Waals surface area contributed by atoms with E-state index in [-0.39, 0.29) is 5.60 Å². The molecule has 2 unspecified atom stereocenters. The van der Waals surface area contributed by atoms with Crippen LogP contribution < -0.4 is 0 Å². The van der Waals surface area contributed by atoms with Gasteiger partial charge in [0.05, 0.1) is 6.61 Å². The number of benzene rings is 1. The fraction of sp³-hybridized carbons (Fsp3) is 0.538. The summed E-state index contributed by atoms with van der Waals surface area (Å²) in [5, 5.41) is 0.800. The molecule has 15 heavy (non-hydrogen) atoms. The van der Waals surface area contributed by atoms with Crippen molar-refractivity contribution >= 4 is 11.6 Å². The van der Waals surface area contributed by atoms with Crippen molar-refractivity contribution in [2.75, 3.05) is 6.61 Å². The fourth-order valence-corrected chi connectivity index (χ4v) is 2.61. The molecule has 0 spiro atoms. The average Bonchev–Trinajstić information content (AvgIpc) is 3.12. The number of epoxide rings is 1. The maximum atomic E-state index is 5.90. The second kappa shape index (κ2) is 3.23. The summed E-state index contributed by atoms with van der Waals surface area (Å²) in [6, 6.07) is 8.13. The van der Waals surface area contributed by atoms with Crippen LogP contribution in [0.3, 0.4) is 0 Å². The minimum atomic E-state index is 0.0196. The Morgan fingerprint density at radius 1 is 1.33 bits per heavy atom. The van der Waals surface area contributed by atoms with Gasteiger partial charge in [0, 0.05) is 5.02 Å². The molecule has 0 aromatic heterocycles. The zero-order chi connectivity index (χ0) is 10.5. The molecule has 1 aliphatic heterocycles. The molecule has 2 heteroatoms. The third kappa shape index (κ3) is 1.58. The van der Waals surface area contributed by atoms with Crippen LogP contribution in [0.25, 0.3) is 0 Å². The van der Waals surface area contributed by atoms with E-state index in [1.165, 1.54) is 18.4 Å². The zero-order valence-corrected chi connectivity index (χ0v) is 9.63. The van der Waals surface area contributed by atoms with Crippen LogP contribution in [0.5, 0.6) is 0 Å². The standard InChI is InChI=1S/C13H15ClO/c1-9(10-2-3-10)13(8-15-13)11-4-6-12(14)7-5-11/h4-7,9-10H,2-3,8H2,1H3. The summed E-state index contributed by atoms with van der Waals surface area (Å²) in [6.45, 7) is 3.20. The molecule has 0 amide bonds. The van der Waals surface area contributed by atoms with Gasteiger partial charge >= 0.3 is 0 Å². The first-order chi connectivity index (χ1) is 7.22. The van der Waals surface area contributed by atoms with Crippen molar-refractivity contribution in [3.05, 3.63) is 34.9 Å². The molecule has 0 radical (unpaired) electrons. The fourth-order valence-electron chi connectivity index (χ4n) is 2.48. The summed E-state index contributed by atoms with van der Waals surface area (Å²) in [5.41, 5.74) is 1.32. The van der Waals surface area contributed by atoms with Gasteiger partial charge in [0.15, 0.2) is 0 Å². The molecule has 0 bridgehead atoms. The normalized spacial score (nSPS) is 31.3. The van der Waals surface area contributed by atoms with E-state index in [0.717, 1.165) is 17.5 Å². The average molecular weight is 223 g/mol. The Morgan fingerprint density at radius 2 is 1.93 bits per heavy atom. The van der Waals surface area contributed by atoms with Gasteiger partial charge in [-0.05, 0) is 42.4 Å². The molecular formula is C13H15ClO. The number of hydrogen-bond donors (Lipinski definition) is 0. The SMILES string of the molecule is CC(C1CC1)C1(c2ccc(Cl)cc2)CO1. The van der Waals surface area contributed by atoms with Crippen LogP contribution in [0.2, 0.25) is 5.02 Å². The van der Waals surface area contributed by atoms with Crippen LogP contribution >= 0.6 is 11.6 Å². The summed E-state index contributed by atoms with van der Waals surface area (Å²) in [7, 11) is 0. The third-order valence-electron chi connectivity index (χ3n) is 3.85. The van der Waals surface area contributed by atoms with Gasteiger partial charge in [-0.25, -0.2) is 0 Å². The first-order valence-electron chi connectivity index (χ1n) is 5.62. The van der Waals surface area contributed by atoms with E-state index in [1.807, 2.05) is 12.1 Å². The van der Waals surface area contributed by atoms with Crippen molar-refractivity contribution in [1.29, 1.82) is 0 Å². The maximum Gasteiger partial charge on any atom is 0.119 e. The first-order valence-corrected chi connectivity index (χ1v) is 6.00. The lowest BCUT2D eigenvalue weighted by molar-refractivity contribution is 0.211. The van der Waals surface area contributed by atoms with E-state index < -0.39 is 0 Å². The molecule has 1 aromatic carbocycles. The van der Waals surface area contributed by atoms with Crippen LogP contribution in [0.4, 0.5) is 0 Å². The Morgan fingerprint density at radius 3 is 2.40 bits per heavy atom. The Kier molecular flexibility index (Phi) is 2.08. The molecule has 1 heterocycles. The Hall–Kier alpha value is -0.530. The van der Waals surface area contributed by atoms with Crippen LogP contribution in [0, 0.1) is 11.8 Å². The Labute approximate surface area is 95.4 Å². The van der Waals surface area contributed by atoms with Crippen LogP contribution in [0.15, 0.2) is 24.3 Å². The number of halogens is 1. The molecule has 1 saturated heterocycles. The van der Waals surface area contributed by atoms with E-state index >= 15 is 0 Å². The van der Waals surface area contributed by atoms with Gasteiger partial charge in [-0.15, -0.1) is 0 Å². The van der Waals surface area contributed by atoms with Gasteiger partial charge in [-0.2, -0.15) is 0 Å². The predicted octanol–water partition coefficient (Wildman–Crippen LogP) is 3.61. The lowest BCUT2D eigenvalue weighted by atomic mass is 9.84. The van der Waals surface area contributed by atoms with Crippen molar-refractivity contribution in [2.45, 2.75) is 25.4 Å². The molecule has 2 fully saturated rings. The summed E-state index contributed by atoms with van der Waals surface area (Å²) < 4.78 is 5.74. The monoisotopic (exact) mass is 222 g/mol. The van der Waals surface area contributed by atoms with Gasteiger partial charge in [0.25, 0.3) is 0 Å². The van der Waals surface area contributed by atoms with Crippen molar-refractivity contribution in [3.63, 3.8) is 0 Å². The predicted molar refractivity (Wildman–Crippen MR) is 61.0 cm³/mol. The lowest BCUT2D eigenvalue weighted by Crippen LogP contribution is -2.21. The molecule has 1 aliphatic carbocycles. The Bertz CT molecular complexity index is 363. The van der Waals surface area contributed by atoms with Crippen molar-refractivity contribution in [3.8, 4) is 0 Å². The molecule has 1 aromatic rings. The summed E-state index contributed by atoms with van der Waals surface area (Å²) in [4.78, 5) is 0. The highest BCUT2D eigenvalue weighted by molar-refractivity contribution is 6.30. The molecule has 2 atom stereocenters. The molecule has 1 saturated carbocycles. The number of rotatable bonds is 3. The molecule has 1 nitrogen and oxygen atoms in total. The van der Waals surface area contributed by atoms with Crippen molar-refractivity contribution in [2.24, 2.45) is 11.8 Å². The summed E-state index contributed by atoms with van der Waals surface area (Å²) in [6.07, 6.45) is 2.75. The molecule has 80 valence electrons. The molecule has 3 rings (SSSR count). The first kappa shape index (κ1) is 9.68. The van der Waals surface area contributed by atoms with Crippen molar-refractivity contribution in [1.82, 2.24) is 0 Å². The highest BCUT2D eigenvalue weighted by atomic mass is 35.5. The van der Waals surface area contributed by atoms with E-state index in [0.29, 0.717) is 5.92 Å². The van der Waals surface area contributed by atoms with Crippen LogP contribution in [-0.2, 0) is 10.3 Å². The smallest absolute Gasteiger partial charge is 0.119 e. The largest absolute Gasteiger partial charge is 0.364 e. The quantitative estimate of drug-likeness (QED) is 0.712. The zero-order valence-electron chi connectivity index (χ0n) is 8.87. The molecular weight excluding hydrogens is 208 g/mol. The maximum absolute atomic E-state index is 5.90. The van der Waals surface area contributed by atoms with Crippen molar-refractivity contribution < 1.29 is 4.74 Å². The Balaban J connectivity index is 1.88. The second-order valence-electron chi connectivity index (χ2n) is 4.81. The van der Waals surface area contributed by atoms with Crippen LogP contribution in [0.1, 0.15) is 25.3 Å². The van der Waals surface area contributed by atoms with Gasteiger partial charge in [0.1, 0.15) is 5.60 Å². The third-order valence-corrected chi connectivity index (χ3v) is 4.10. The minimum Gasteiger partial charge on any atom is -0.364 e. The summed E-state index contributed by atoms with van der Waals surface area (Å²) in [5.74, 6) is 1.53. The molecule has 2 aliphatic rings. The highest BCUT2D eigenvalue weighted by Crippen LogP contribution is 2.54. The van der Waals surface area contributed by atoms with Crippen LogP contribution in [-0.4, -0.2) is 6.61 Å². The lowest BCUT2D eigenvalue weighted by Gasteiger charge is -2.20. The van der Waals surface area contributed by atoms with Gasteiger partial charge in [0.2, 0.25) is 0 Å². The second-order valence-corrected chi connectivity index (χ2v) is 5.25. The highest BCUT2D eigenvalue weighted by Gasteiger charge is 2.55. The van der Waals surface area contributed by atoms with Gasteiger partial charge in [-0.3, -0.25) is 0 Å². The number of ether oxygens (including phenoxy) is 1. The van der Waals surface area contributed by atoms with E-state index in [9.17, 15) is 0 Å². The van der Waals surface area contributed by atoms with E-state index in [2.05, 4.69) is 19.1 Å². The minimum absolute atomic E-state index is 0.0196. The van der Waals surface area contributed by atoms with Gasteiger partial charge in [-0.1, -0.05) is 30.7 Å². The van der Waals surface area contributed by atoms with E-state index in [1.54, 1.807) is 0 Å². The van der Waals surface area contributed by atoms with E-state index in [4.69, 9.17) is 16.3 Å². The van der Waals surface area contributed by atoms with Gasteiger partial charge < -0.3 is 4.74 Å². The topological polar surface area (TPSA) is 12.5 Å². The number of hydrogen-bond acceptors (Lipinski definition) is 1. The summed E-state index contributed by atoms with van der Waals surface area (Å²) >= 11 is 5.90. The molecule has 0 N–H and O–H groups in total.